The van der Waals surface area contributed by atoms with Crippen LogP contribution in [-0.2, 0) is 0 Å². The summed E-state index contributed by atoms with van der Waals surface area (Å²) in [6.45, 7) is 9.68. The molecule has 1 heterocycles. The van der Waals surface area contributed by atoms with Crippen LogP contribution in [0.25, 0.3) is 0 Å². The predicted octanol–water partition coefficient (Wildman–Crippen LogP) is 5.75. The van der Waals surface area contributed by atoms with Crippen molar-refractivity contribution < 1.29 is 14.6 Å². The average molecular weight is 377 g/mol. The number of halogens is 1. The van der Waals surface area contributed by atoms with Crippen LogP contribution in [-0.4, -0.2) is 22.1 Å². The Hall–Kier alpha value is -2.27. The molecule has 0 unspecified atom stereocenters. The number of aromatic carboxylic acids is 1. The molecule has 6 heteroatoms. The van der Waals surface area contributed by atoms with E-state index in [1.165, 1.54) is 0 Å². The number of hydrogen-bond acceptors (Lipinski definition) is 4. The highest BCUT2D eigenvalue weighted by Crippen LogP contribution is 2.35. The highest BCUT2D eigenvalue weighted by Gasteiger charge is 2.22. The van der Waals surface area contributed by atoms with Crippen molar-refractivity contribution >= 4 is 23.3 Å². The Balaban J connectivity index is 2.55. The normalized spacial score (nSPS) is 10.9. The Labute approximate surface area is 159 Å². The van der Waals surface area contributed by atoms with E-state index in [0.29, 0.717) is 22.2 Å². The van der Waals surface area contributed by atoms with Gasteiger partial charge in [-0.1, -0.05) is 25.4 Å². The zero-order valence-corrected chi connectivity index (χ0v) is 16.6. The van der Waals surface area contributed by atoms with Gasteiger partial charge in [0.05, 0.1) is 5.69 Å². The third kappa shape index (κ3) is 4.47. The number of anilines is 1. The number of nitrogens with zero attached hydrogens (tertiary/aromatic N) is 1. The molecule has 0 spiro atoms. The fraction of sp³-hybridized carbons (Fsp3) is 0.400. The van der Waals surface area contributed by atoms with Crippen molar-refractivity contribution in [1.82, 2.24) is 4.98 Å². The van der Waals surface area contributed by atoms with Gasteiger partial charge < -0.3 is 15.2 Å². The number of carboxylic acids is 1. The summed E-state index contributed by atoms with van der Waals surface area (Å²) in [5, 5.41) is 13.7. The maximum Gasteiger partial charge on any atom is 0.343 e. The smallest absolute Gasteiger partial charge is 0.343 e. The Kier molecular flexibility index (Phi) is 6.48. The lowest BCUT2D eigenvalue weighted by atomic mass is 10.1. The van der Waals surface area contributed by atoms with Crippen LogP contribution >= 0.6 is 11.6 Å². The third-order valence-electron chi connectivity index (χ3n) is 4.30. The van der Waals surface area contributed by atoms with E-state index >= 15 is 0 Å². The molecule has 0 aliphatic carbocycles. The highest BCUT2D eigenvalue weighted by atomic mass is 35.5. The second-order valence-electron chi connectivity index (χ2n) is 6.43. The second kappa shape index (κ2) is 8.41. The van der Waals surface area contributed by atoms with Crippen molar-refractivity contribution in [3.05, 3.63) is 45.6 Å². The summed E-state index contributed by atoms with van der Waals surface area (Å²) in [5.74, 6) is -0.423. The molecular formula is C20H25ClN2O3. The van der Waals surface area contributed by atoms with Crippen molar-refractivity contribution in [2.75, 3.05) is 5.32 Å². The summed E-state index contributed by atoms with van der Waals surface area (Å²) in [6.07, 6.45) is 1.78. The number of hydrogen-bond donors (Lipinski definition) is 2. The first kappa shape index (κ1) is 20.0. The van der Waals surface area contributed by atoms with E-state index in [-0.39, 0.29) is 17.5 Å². The highest BCUT2D eigenvalue weighted by molar-refractivity contribution is 6.30. The molecule has 0 saturated carbocycles. The van der Waals surface area contributed by atoms with Crippen LogP contribution in [0.3, 0.4) is 0 Å². The van der Waals surface area contributed by atoms with Crippen LogP contribution in [0.5, 0.6) is 11.6 Å². The molecule has 0 aliphatic rings. The molecule has 0 fully saturated rings. The molecule has 2 N–H and O–H groups in total. The first-order chi connectivity index (χ1) is 12.3. The van der Waals surface area contributed by atoms with Crippen molar-refractivity contribution in [2.45, 2.75) is 53.5 Å². The summed E-state index contributed by atoms with van der Waals surface area (Å²) in [7, 11) is 0. The lowest BCUT2D eigenvalue weighted by Gasteiger charge is -2.20. The molecule has 2 aromatic rings. The SMILES string of the molecule is CCC(CC)Nc1cc(C)nc(Oc2c(C)cc(Cl)cc2C)c1C(=O)O. The lowest BCUT2D eigenvalue weighted by molar-refractivity contribution is 0.0694. The summed E-state index contributed by atoms with van der Waals surface area (Å²) >= 11 is 6.07. The molecule has 0 radical (unpaired) electrons. The zero-order valence-electron chi connectivity index (χ0n) is 15.8. The molecule has 0 atom stereocenters. The Morgan fingerprint density at radius 2 is 1.77 bits per heavy atom. The molecular weight excluding hydrogens is 352 g/mol. The summed E-state index contributed by atoms with van der Waals surface area (Å²) in [6, 6.07) is 5.49. The van der Waals surface area contributed by atoms with Crippen molar-refractivity contribution in [2.24, 2.45) is 0 Å². The van der Waals surface area contributed by atoms with Gasteiger partial charge in [-0.2, -0.15) is 0 Å². The van der Waals surface area contributed by atoms with E-state index in [0.717, 1.165) is 24.0 Å². The van der Waals surface area contributed by atoms with E-state index in [4.69, 9.17) is 16.3 Å². The summed E-state index contributed by atoms with van der Waals surface area (Å²) in [4.78, 5) is 16.3. The van der Waals surface area contributed by atoms with E-state index < -0.39 is 5.97 Å². The van der Waals surface area contributed by atoms with Gasteiger partial charge in [-0.25, -0.2) is 9.78 Å². The van der Waals surface area contributed by atoms with Crippen LogP contribution < -0.4 is 10.1 Å². The van der Waals surface area contributed by atoms with Crippen molar-refractivity contribution in [3.63, 3.8) is 0 Å². The quantitative estimate of drug-likeness (QED) is 0.643. The molecule has 0 saturated heterocycles. The molecule has 0 bridgehead atoms. The number of benzene rings is 1. The fourth-order valence-electron chi connectivity index (χ4n) is 2.91. The topological polar surface area (TPSA) is 71.5 Å². The molecule has 5 nitrogen and oxygen atoms in total. The van der Waals surface area contributed by atoms with Gasteiger partial charge in [-0.05, 0) is 62.9 Å². The number of pyridine rings is 1. The molecule has 140 valence electrons. The molecule has 1 aromatic heterocycles. The third-order valence-corrected chi connectivity index (χ3v) is 4.52. The van der Waals surface area contributed by atoms with Gasteiger partial charge in [-0.3, -0.25) is 0 Å². The number of carboxylic acid groups (broad SMARTS) is 1. The van der Waals surface area contributed by atoms with E-state index in [2.05, 4.69) is 24.1 Å². The fourth-order valence-corrected chi connectivity index (χ4v) is 3.23. The first-order valence-corrected chi connectivity index (χ1v) is 9.10. The number of nitrogens with one attached hydrogen (secondary N) is 1. The molecule has 0 aliphatic heterocycles. The van der Waals surface area contributed by atoms with Crippen molar-refractivity contribution in [1.29, 1.82) is 0 Å². The number of rotatable bonds is 7. The molecule has 2 rings (SSSR count). The predicted molar refractivity (Wildman–Crippen MR) is 105 cm³/mol. The van der Waals surface area contributed by atoms with Gasteiger partial charge in [0.15, 0.2) is 0 Å². The van der Waals surface area contributed by atoms with Gasteiger partial charge in [0, 0.05) is 16.8 Å². The Morgan fingerprint density at radius 1 is 1.19 bits per heavy atom. The molecule has 1 aromatic carbocycles. The van der Waals surface area contributed by atoms with Gasteiger partial charge in [0.1, 0.15) is 11.3 Å². The lowest BCUT2D eigenvalue weighted by Crippen LogP contribution is -2.20. The summed E-state index contributed by atoms with van der Waals surface area (Å²) < 4.78 is 5.97. The van der Waals surface area contributed by atoms with E-state index in [1.54, 1.807) is 18.2 Å². The number of aryl methyl sites for hydroxylation is 3. The minimum Gasteiger partial charge on any atom is -0.477 e. The first-order valence-electron chi connectivity index (χ1n) is 8.72. The minimum absolute atomic E-state index is 0.0382. The zero-order chi connectivity index (χ0) is 19.4. The van der Waals surface area contributed by atoms with Crippen LogP contribution in [0.4, 0.5) is 5.69 Å². The molecule has 0 amide bonds. The minimum atomic E-state index is -1.08. The average Bonchev–Trinajstić information content (AvgIpc) is 2.55. The van der Waals surface area contributed by atoms with Crippen LogP contribution in [0.1, 0.15) is 53.9 Å². The van der Waals surface area contributed by atoms with Crippen LogP contribution in [0.15, 0.2) is 18.2 Å². The van der Waals surface area contributed by atoms with E-state index in [9.17, 15) is 9.90 Å². The second-order valence-corrected chi connectivity index (χ2v) is 6.86. The standard InChI is InChI=1S/C20H25ClN2O3/c1-6-15(7-2)23-16-10-13(5)22-19(17(16)20(24)25)26-18-11(3)8-14(21)9-12(18)4/h8-10,15H,6-7H2,1-5H3,(H,22,23)(H,24,25). The summed E-state index contributed by atoms with van der Waals surface area (Å²) in [5.41, 5.74) is 2.89. The van der Waals surface area contributed by atoms with Gasteiger partial charge in [0.25, 0.3) is 0 Å². The van der Waals surface area contributed by atoms with Gasteiger partial charge in [0.2, 0.25) is 5.88 Å². The number of ether oxygens (including phenoxy) is 1. The van der Waals surface area contributed by atoms with Crippen LogP contribution in [0, 0.1) is 20.8 Å². The van der Waals surface area contributed by atoms with Gasteiger partial charge >= 0.3 is 5.97 Å². The van der Waals surface area contributed by atoms with Gasteiger partial charge in [-0.15, -0.1) is 0 Å². The number of aromatic nitrogens is 1. The monoisotopic (exact) mass is 376 g/mol. The maximum absolute atomic E-state index is 11.9. The maximum atomic E-state index is 11.9. The number of carbonyl (C=O) groups is 1. The van der Waals surface area contributed by atoms with E-state index in [1.807, 2.05) is 20.8 Å². The van der Waals surface area contributed by atoms with Crippen LogP contribution in [0.2, 0.25) is 5.02 Å². The Bertz CT molecular complexity index is 794. The van der Waals surface area contributed by atoms with Crippen molar-refractivity contribution in [3.8, 4) is 11.6 Å². The largest absolute Gasteiger partial charge is 0.477 e. The Morgan fingerprint density at radius 3 is 2.27 bits per heavy atom. The molecule has 26 heavy (non-hydrogen) atoms.